The molecule has 1 aliphatic heterocycles. The molecule has 1 radical (unpaired) electrons. The summed E-state index contributed by atoms with van der Waals surface area (Å²) in [5.74, 6) is 1.61. The van der Waals surface area contributed by atoms with Crippen molar-refractivity contribution in [3.63, 3.8) is 0 Å². The lowest BCUT2D eigenvalue weighted by Crippen LogP contribution is -2.29. The van der Waals surface area contributed by atoms with Crippen LogP contribution in [0.2, 0.25) is 0 Å². The molecule has 0 spiro atoms. The number of hydrogen-bond donors (Lipinski definition) is 0. The Morgan fingerprint density at radius 1 is 1.28 bits per heavy atom. The van der Waals surface area contributed by atoms with Crippen molar-refractivity contribution in [2.45, 2.75) is 38.3 Å². The van der Waals surface area contributed by atoms with Crippen molar-refractivity contribution in [3.8, 4) is 12.3 Å². The van der Waals surface area contributed by atoms with Crippen molar-refractivity contribution in [2.24, 2.45) is 0 Å². The first-order chi connectivity index (χ1) is 12.1. The number of carbonyl (C=O) groups excluding carboxylic acids is 2. The number of rotatable bonds is 8. The maximum absolute atomic E-state index is 12.0. The molecule has 1 unspecified atom stereocenters. The molecular formula is C19H21O6. The van der Waals surface area contributed by atoms with Crippen molar-refractivity contribution >= 4 is 11.9 Å². The van der Waals surface area contributed by atoms with Gasteiger partial charge in [-0.05, 0) is 18.6 Å². The Kier molecular flexibility index (Phi) is 7.45. The Balaban J connectivity index is 1.83. The molecule has 3 atom stereocenters. The molecule has 0 aromatic heterocycles. The second-order valence-corrected chi connectivity index (χ2v) is 5.45. The molecule has 6 heteroatoms. The van der Waals surface area contributed by atoms with Crippen LogP contribution < -0.4 is 0 Å². The molecule has 1 saturated heterocycles. The summed E-state index contributed by atoms with van der Waals surface area (Å²) in [7, 11) is 0. The third kappa shape index (κ3) is 6.22. The topological polar surface area (TPSA) is 71.1 Å². The summed E-state index contributed by atoms with van der Waals surface area (Å²) in [5, 5.41) is 0. The van der Waals surface area contributed by atoms with Crippen LogP contribution in [0.1, 0.15) is 30.1 Å². The molecule has 0 saturated carbocycles. The minimum absolute atomic E-state index is 0.00963. The predicted octanol–water partition coefficient (Wildman–Crippen LogP) is 2.13. The van der Waals surface area contributed by atoms with Crippen LogP contribution in [-0.2, 0) is 23.7 Å². The summed E-state index contributed by atoms with van der Waals surface area (Å²) in [6.45, 7) is 1.72. The van der Waals surface area contributed by atoms with Gasteiger partial charge in [0, 0.05) is 26.4 Å². The number of benzene rings is 1. The van der Waals surface area contributed by atoms with Crippen molar-refractivity contribution in [3.05, 3.63) is 42.3 Å². The predicted molar refractivity (Wildman–Crippen MR) is 89.3 cm³/mol. The number of esters is 2. The minimum Gasteiger partial charge on any atom is -0.459 e. The van der Waals surface area contributed by atoms with Gasteiger partial charge in [0.15, 0.2) is 0 Å². The van der Waals surface area contributed by atoms with E-state index < -0.39 is 30.4 Å². The summed E-state index contributed by atoms with van der Waals surface area (Å²) < 4.78 is 21.6. The highest BCUT2D eigenvalue weighted by Gasteiger charge is 2.39. The number of ether oxygens (including phenoxy) is 4. The number of hydrogen-bond acceptors (Lipinski definition) is 6. The van der Waals surface area contributed by atoms with E-state index in [2.05, 4.69) is 5.92 Å². The van der Waals surface area contributed by atoms with Gasteiger partial charge in [0.25, 0.3) is 0 Å². The van der Waals surface area contributed by atoms with Gasteiger partial charge in [-0.1, -0.05) is 18.2 Å². The van der Waals surface area contributed by atoms with Crippen LogP contribution in [0.15, 0.2) is 30.3 Å². The fourth-order valence-electron chi connectivity index (χ4n) is 2.29. The highest BCUT2D eigenvalue weighted by molar-refractivity contribution is 5.89. The molecule has 25 heavy (non-hydrogen) atoms. The molecule has 133 valence electrons. The molecule has 0 aliphatic carbocycles. The Hall–Kier alpha value is -2.36. The molecule has 1 aromatic rings. The Morgan fingerprint density at radius 2 is 2.04 bits per heavy atom. The van der Waals surface area contributed by atoms with E-state index in [9.17, 15) is 9.59 Å². The first kappa shape index (κ1) is 19.0. The van der Waals surface area contributed by atoms with Crippen LogP contribution in [0.5, 0.6) is 0 Å². The Bertz CT molecular complexity index is 606. The van der Waals surface area contributed by atoms with E-state index in [4.69, 9.17) is 25.4 Å². The first-order valence-corrected chi connectivity index (χ1v) is 8.05. The lowest BCUT2D eigenvalue weighted by Gasteiger charge is -2.18. The maximum atomic E-state index is 12.0. The van der Waals surface area contributed by atoms with Crippen LogP contribution in [0, 0.1) is 18.8 Å². The fourth-order valence-corrected chi connectivity index (χ4v) is 2.29. The SMILES string of the molecule is C#CCCCO[C@@H]1[CH][C@H](COC(=O)c2ccccc2)OC1OC(C)=O. The van der Waals surface area contributed by atoms with Crippen molar-refractivity contribution in [1.82, 2.24) is 0 Å². The summed E-state index contributed by atoms with van der Waals surface area (Å²) in [6.07, 6.45) is 6.32. The van der Waals surface area contributed by atoms with Crippen LogP contribution in [0.4, 0.5) is 0 Å². The highest BCUT2D eigenvalue weighted by atomic mass is 16.7. The van der Waals surface area contributed by atoms with E-state index in [1.54, 1.807) is 30.7 Å². The van der Waals surface area contributed by atoms with Crippen LogP contribution in [0.3, 0.4) is 0 Å². The van der Waals surface area contributed by atoms with Gasteiger partial charge < -0.3 is 18.9 Å². The molecule has 2 rings (SSSR count). The fraction of sp³-hybridized carbons (Fsp3) is 0.421. The van der Waals surface area contributed by atoms with Gasteiger partial charge in [0.1, 0.15) is 18.8 Å². The van der Waals surface area contributed by atoms with Gasteiger partial charge >= 0.3 is 11.9 Å². The van der Waals surface area contributed by atoms with E-state index in [1.807, 2.05) is 6.07 Å². The number of terminal acetylenes is 1. The maximum Gasteiger partial charge on any atom is 0.338 e. The molecule has 0 bridgehead atoms. The van der Waals surface area contributed by atoms with Crippen molar-refractivity contribution < 1.29 is 28.5 Å². The summed E-state index contributed by atoms with van der Waals surface area (Å²) in [5.41, 5.74) is 0.458. The monoisotopic (exact) mass is 345 g/mol. The van der Waals surface area contributed by atoms with Gasteiger partial charge in [0.2, 0.25) is 6.29 Å². The zero-order chi connectivity index (χ0) is 18.1. The highest BCUT2D eigenvalue weighted by Crippen LogP contribution is 2.24. The smallest absolute Gasteiger partial charge is 0.338 e. The standard InChI is InChI=1S/C19H21O6/c1-3-4-8-11-22-17-12-16(25-19(17)24-14(2)20)13-23-18(21)15-9-6-5-7-10-15/h1,5-7,9-10,12,16-17,19H,4,8,11,13H2,2H3/t16-,17-,19?/m1/s1. The zero-order valence-electron chi connectivity index (χ0n) is 14.1. The second-order valence-electron chi connectivity index (χ2n) is 5.45. The van der Waals surface area contributed by atoms with Crippen LogP contribution in [0.25, 0.3) is 0 Å². The molecule has 6 nitrogen and oxygen atoms in total. The summed E-state index contributed by atoms with van der Waals surface area (Å²) >= 11 is 0. The Labute approximate surface area is 147 Å². The van der Waals surface area contributed by atoms with E-state index >= 15 is 0 Å². The van der Waals surface area contributed by atoms with Gasteiger partial charge in [-0.3, -0.25) is 4.79 Å². The molecular weight excluding hydrogens is 324 g/mol. The first-order valence-electron chi connectivity index (χ1n) is 8.05. The lowest BCUT2D eigenvalue weighted by molar-refractivity contribution is -0.192. The van der Waals surface area contributed by atoms with Crippen LogP contribution in [-0.4, -0.2) is 43.7 Å². The van der Waals surface area contributed by atoms with E-state index in [0.717, 1.165) is 0 Å². The summed E-state index contributed by atoms with van der Waals surface area (Å²) in [4.78, 5) is 23.2. The van der Waals surface area contributed by atoms with Gasteiger partial charge in [-0.15, -0.1) is 12.3 Å². The van der Waals surface area contributed by atoms with Crippen molar-refractivity contribution in [2.75, 3.05) is 13.2 Å². The zero-order valence-corrected chi connectivity index (χ0v) is 14.1. The average molecular weight is 345 g/mol. The van der Waals surface area contributed by atoms with Gasteiger partial charge in [-0.2, -0.15) is 0 Å². The quantitative estimate of drug-likeness (QED) is 0.408. The van der Waals surface area contributed by atoms with Crippen molar-refractivity contribution in [1.29, 1.82) is 0 Å². The third-order valence-electron chi connectivity index (χ3n) is 3.43. The molecule has 1 aromatic carbocycles. The van der Waals surface area contributed by atoms with E-state index in [0.29, 0.717) is 25.0 Å². The minimum atomic E-state index is -0.858. The summed E-state index contributed by atoms with van der Waals surface area (Å²) in [6, 6.07) is 8.66. The molecule has 1 heterocycles. The normalized spacial score (nSPS) is 22.2. The molecule has 1 fully saturated rings. The van der Waals surface area contributed by atoms with Crippen LogP contribution >= 0.6 is 0 Å². The van der Waals surface area contributed by atoms with E-state index in [-0.39, 0.29) is 6.61 Å². The van der Waals surface area contributed by atoms with Gasteiger partial charge in [-0.25, -0.2) is 4.79 Å². The van der Waals surface area contributed by atoms with Gasteiger partial charge in [0.05, 0.1) is 5.56 Å². The molecule has 1 aliphatic rings. The number of unbranched alkanes of at least 4 members (excludes halogenated alkanes) is 1. The lowest BCUT2D eigenvalue weighted by atomic mass is 10.2. The Morgan fingerprint density at radius 3 is 2.72 bits per heavy atom. The second kappa shape index (κ2) is 9.82. The third-order valence-corrected chi connectivity index (χ3v) is 3.43. The largest absolute Gasteiger partial charge is 0.459 e. The molecule has 0 amide bonds. The average Bonchev–Trinajstić information content (AvgIpc) is 2.98. The number of carbonyl (C=O) groups is 2. The molecule has 0 N–H and O–H groups in total. The van der Waals surface area contributed by atoms with E-state index in [1.165, 1.54) is 6.92 Å².